The number of thiophene rings is 1. The number of ether oxygens (including phenoxy) is 1. The molecule has 0 saturated carbocycles. The number of nitrogens with zero attached hydrogens (tertiary/aromatic N) is 3. The summed E-state index contributed by atoms with van der Waals surface area (Å²) in [6.45, 7) is 1.87. The minimum absolute atomic E-state index is 0.0344. The van der Waals surface area contributed by atoms with Crippen molar-refractivity contribution < 1.29 is 19.4 Å². The van der Waals surface area contributed by atoms with Crippen LogP contribution < -0.4 is 15.0 Å². The lowest BCUT2D eigenvalue weighted by molar-refractivity contribution is 0.0703. The van der Waals surface area contributed by atoms with Crippen LogP contribution in [0.3, 0.4) is 0 Å². The van der Waals surface area contributed by atoms with Crippen molar-refractivity contribution in [2.45, 2.75) is 6.92 Å². The molecule has 8 nitrogen and oxygen atoms in total. The summed E-state index contributed by atoms with van der Waals surface area (Å²) in [6, 6.07) is 4.89. The quantitative estimate of drug-likeness (QED) is 0.745. The lowest BCUT2D eigenvalue weighted by Crippen LogP contribution is -2.35. The van der Waals surface area contributed by atoms with Crippen LogP contribution in [0.15, 0.2) is 24.5 Å². The molecule has 0 saturated heterocycles. The second-order valence-electron chi connectivity index (χ2n) is 5.41. The molecular weight excluding hydrogens is 344 g/mol. The molecule has 126 valence electrons. The number of aryl methyl sites for hydroxylation is 1. The summed E-state index contributed by atoms with van der Waals surface area (Å²) in [5.41, 5.74) is 1.69. The summed E-state index contributed by atoms with van der Waals surface area (Å²) in [4.78, 5) is 34.5. The third kappa shape index (κ3) is 2.20. The number of rotatable bonds is 3. The maximum atomic E-state index is 12.7. The first-order valence-corrected chi connectivity index (χ1v) is 8.09. The molecule has 0 fully saturated rings. The average Bonchev–Trinajstić information content (AvgIpc) is 2.96. The molecule has 25 heavy (non-hydrogen) atoms. The van der Waals surface area contributed by atoms with Gasteiger partial charge >= 0.3 is 12.0 Å². The molecule has 1 aromatic carbocycles. The zero-order valence-electron chi connectivity index (χ0n) is 13.2. The lowest BCUT2D eigenvalue weighted by Gasteiger charge is -2.28. The van der Waals surface area contributed by atoms with Crippen molar-refractivity contribution in [3.63, 3.8) is 0 Å². The van der Waals surface area contributed by atoms with Gasteiger partial charge in [-0.15, -0.1) is 11.3 Å². The van der Waals surface area contributed by atoms with Crippen molar-refractivity contribution in [3.8, 4) is 5.75 Å². The predicted molar refractivity (Wildman–Crippen MR) is 93.3 cm³/mol. The summed E-state index contributed by atoms with van der Waals surface area (Å²) >= 11 is 1.01. The minimum atomic E-state index is -1.12. The molecule has 1 aliphatic rings. The SMILES string of the molecule is COc1ccc(C)c(N2C(=O)Nc3c(C(=O)O)sc4ncnc2c34)c1. The molecule has 0 spiro atoms. The summed E-state index contributed by atoms with van der Waals surface area (Å²) in [7, 11) is 1.55. The first kappa shape index (κ1) is 15.3. The fraction of sp³-hybridized carbons (Fsp3) is 0.125. The van der Waals surface area contributed by atoms with Crippen molar-refractivity contribution in [1.82, 2.24) is 9.97 Å². The van der Waals surface area contributed by atoms with Crippen molar-refractivity contribution in [3.05, 3.63) is 35.0 Å². The molecule has 1 aliphatic heterocycles. The summed E-state index contributed by atoms with van der Waals surface area (Å²) < 4.78 is 5.25. The Morgan fingerprint density at radius 3 is 2.88 bits per heavy atom. The number of aromatic nitrogens is 2. The zero-order chi connectivity index (χ0) is 17.7. The number of carbonyl (C=O) groups is 2. The molecule has 0 aliphatic carbocycles. The van der Waals surface area contributed by atoms with Gasteiger partial charge in [0.25, 0.3) is 0 Å². The van der Waals surface area contributed by atoms with Crippen molar-refractivity contribution in [2.75, 3.05) is 17.3 Å². The predicted octanol–water partition coefficient (Wildman–Crippen LogP) is 3.39. The van der Waals surface area contributed by atoms with E-state index in [1.807, 2.05) is 13.0 Å². The van der Waals surface area contributed by atoms with E-state index in [-0.39, 0.29) is 10.6 Å². The molecule has 0 radical (unpaired) electrons. The average molecular weight is 356 g/mol. The number of carbonyl (C=O) groups excluding carboxylic acids is 1. The third-order valence-electron chi connectivity index (χ3n) is 3.97. The van der Waals surface area contributed by atoms with E-state index < -0.39 is 12.0 Å². The third-order valence-corrected chi connectivity index (χ3v) is 5.05. The van der Waals surface area contributed by atoms with Crippen molar-refractivity contribution in [1.29, 1.82) is 0 Å². The Hall–Kier alpha value is -3.20. The maximum absolute atomic E-state index is 12.7. The molecule has 3 heterocycles. The molecule has 2 N–H and O–H groups in total. The van der Waals surface area contributed by atoms with Gasteiger partial charge in [0.1, 0.15) is 21.8 Å². The summed E-state index contributed by atoms with van der Waals surface area (Å²) in [5.74, 6) is -0.167. The number of hydrogen-bond acceptors (Lipinski definition) is 6. The smallest absolute Gasteiger partial charge is 0.348 e. The van der Waals surface area contributed by atoms with Crippen LogP contribution in [0.4, 0.5) is 22.0 Å². The van der Waals surface area contributed by atoms with E-state index in [0.29, 0.717) is 27.5 Å². The fourth-order valence-corrected chi connectivity index (χ4v) is 3.73. The molecule has 4 rings (SSSR count). The van der Waals surface area contributed by atoms with Gasteiger partial charge in [0.05, 0.1) is 23.9 Å². The van der Waals surface area contributed by atoms with Crippen molar-refractivity contribution >= 4 is 50.7 Å². The van der Waals surface area contributed by atoms with Gasteiger partial charge in [-0.05, 0) is 18.6 Å². The highest BCUT2D eigenvalue weighted by atomic mass is 32.1. The Morgan fingerprint density at radius 1 is 1.36 bits per heavy atom. The number of benzene rings is 1. The number of carboxylic acid groups (broad SMARTS) is 1. The topological polar surface area (TPSA) is 105 Å². The van der Waals surface area contributed by atoms with Crippen LogP contribution in [-0.2, 0) is 0 Å². The Bertz CT molecular complexity index is 1050. The number of aromatic carboxylic acids is 1. The first-order valence-electron chi connectivity index (χ1n) is 7.27. The van der Waals surface area contributed by atoms with Crippen LogP contribution in [-0.4, -0.2) is 34.2 Å². The molecule has 2 amide bonds. The number of methoxy groups -OCH3 is 1. The van der Waals surface area contributed by atoms with Gasteiger partial charge in [0.2, 0.25) is 0 Å². The van der Waals surface area contributed by atoms with E-state index in [9.17, 15) is 14.7 Å². The summed E-state index contributed by atoms with van der Waals surface area (Å²) in [5, 5.41) is 12.6. The molecule has 2 aromatic heterocycles. The largest absolute Gasteiger partial charge is 0.497 e. The normalized spacial score (nSPS) is 13.0. The van der Waals surface area contributed by atoms with Gasteiger partial charge in [-0.1, -0.05) is 6.07 Å². The number of carboxylic acids is 1. The minimum Gasteiger partial charge on any atom is -0.497 e. The van der Waals surface area contributed by atoms with Crippen LogP contribution in [0, 0.1) is 6.92 Å². The van der Waals surface area contributed by atoms with E-state index in [1.54, 1.807) is 19.2 Å². The van der Waals surface area contributed by atoms with Crippen LogP contribution in [0.1, 0.15) is 15.2 Å². The van der Waals surface area contributed by atoms with Crippen LogP contribution in [0.25, 0.3) is 10.2 Å². The maximum Gasteiger partial charge on any atom is 0.348 e. The van der Waals surface area contributed by atoms with E-state index in [0.717, 1.165) is 16.9 Å². The Morgan fingerprint density at radius 2 is 2.16 bits per heavy atom. The molecular formula is C16H12N4O4S. The summed E-state index contributed by atoms with van der Waals surface area (Å²) in [6.07, 6.45) is 1.32. The highest BCUT2D eigenvalue weighted by Crippen LogP contribution is 2.45. The number of anilines is 3. The molecule has 0 atom stereocenters. The molecule has 9 heteroatoms. The number of urea groups is 1. The van der Waals surface area contributed by atoms with Gasteiger partial charge < -0.3 is 15.2 Å². The van der Waals surface area contributed by atoms with E-state index in [4.69, 9.17) is 4.74 Å². The van der Waals surface area contributed by atoms with Crippen molar-refractivity contribution in [2.24, 2.45) is 0 Å². The van der Waals surface area contributed by atoms with Gasteiger partial charge in [0, 0.05) is 6.07 Å². The highest BCUT2D eigenvalue weighted by Gasteiger charge is 2.34. The Labute approximate surface area is 145 Å². The highest BCUT2D eigenvalue weighted by molar-refractivity contribution is 7.21. The van der Waals surface area contributed by atoms with Crippen LogP contribution >= 0.6 is 11.3 Å². The standard InChI is InChI=1S/C16H12N4O4S/c1-7-3-4-8(24-2)5-9(7)20-13-10-11(19-16(20)23)12(15(21)22)25-14(10)18-6-17-13/h3-6H,1-2H3,(H,19,23)(H,21,22). The van der Waals surface area contributed by atoms with Gasteiger partial charge in [-0.2, -0.15) is 0 Å². The first-order chi connectivity index (χ1) is 12.0. The molecule has 0 unspecified atom stereocenters. The van der Waals surface area contributed by atoms with E-state index in [1.165, 1.54) is 11.2 Å². The van der Waals surface area contributed by atoms with Gasteiger partial charge in [-0.3, -0.25) is 0 Å². The second-order valence-corrected chi connectivity index (χ2v) is 6.41. The Balaban J connectivity index is 2.00. The van der Waals surface area contributed by atoms with E-state index >= 15 is 0 Å². The Kier molecular flexibility index (Phi) is 3.32. The monoisotopic (exact) mass is 356 g/mol. The number of hydrogen-bond donors (Lipinski definition) is 2. The molecule has 0 bridgehead atoms. The number of nitrogens with one attached hydrogen (secondary N) is 1. The van der Waals surface area contributed by atoms with Crippen LogP contribution in [0.5, 0.6) is 5.75 Å². The van der Waals surface area contributed by atoms with Gasteiger partial charge in [-0.25, -0.2) is 24.5 Å². The van der Waals surface area contributed by atoms with E-state index in [2.05, 4.69) is 15.3 Å². The second kappa shape index (κ2) is 5.42. The van der Waals surface area contributed by atoms with Gasteiger partial charge in [0.15, 0.2) is 5.82 Å². The fourth-order valence-electron chi connectivity index (χ4n) is 2.80. The number of amides is 2. The lowest BCUT2D eigenvalue weighted by atomic mass is 10.1. The zero-order valence-corrected chi connectivity index (χ0v) is 14.0. The van der Waals surface area contributed by atoms with Crippen LogP contribution in [0.2, 0.25) is 0 Å². The molecule has 3 aromatic rings.